The summed E-state index contributed by atoms with van der Waals surface area (Å²) in [7, 11) is 1.72. The van der Waals surface area contributed by atoms with Gasteiger partial charge in [-0.3, -0.25) is 19.3 Å². The molecule has 2 aliphatic rings. The molecule has 0 aromatic heterocycles. The van der Waals surface area contributed by atoms with E-state index in [0.29, 0.717) is 44.3 Å². The van der Waals surface area contributed by atoms with Crippen LogP contribution in [0.4, 0.5) is 0 Å². The molecule has 2 saturated heterocycles. The van der Waals surface area contributed by atoms with Gasteiger partial charge in [-0.1, -0.05) is 6.92 Å². The highest BCUT2D eigenvalue weighted by Gasteiger charge is 2.38. The van der Waals surface area contributed by atoms with Crippen LogP contribution in [0.5, 0.6) is 0 Å². The molecule has 0 aliphatic carbocycles. The molecular weight excluding hydrogens is 346 g/mol. The van der Waals surface area contributed by atoms with E-state index < -0.39 is 5.97 Å². The lowest BCUT2D eigenvalue weighted by Crippen LogP contribution is -2.55. The average molecular weight is 373 g/mol. The lowest BCUT2D eigenvalue weighted by molar-refractivity contribution is -0.149. The number of aliphatic carboxylic acids is 1. The van der Waals surface area contributed by atoms with Gasteiger partial charge in [0.1, 0.15) is 6.04 Å². The minimum atomic E-state index is -0.890. The second-order valence-electron chi connectivity index (χ2n) is 6.50. The number of carboxylic acids is 1. The van der Waals surface area contributed by atoms with E-state index in [2.05, 4.69) is 0 Å². The van der Waals surface area contributed by atoms with E-state index in [1.807, 2.05) is 6.92 Å². The van der Waals surface area contributed by atoms with Crippen LogP contribution in [0.3, 0.4) is 0 Å². The highest BCUT2D eigenvalue weighted by Crippen LogP contribution is 2.24. The number of hydrogen-bond donors (Lipinski definition) is 1. The van der Waals surface area contributed by atoms with Crippen LogP contribution in [-0.2, 0) is 19.1 Å². The van der Waals surface area contributed by atoms with Gasteiger partial charge >= 0.3 is 5.97 Å². The molecule has 0 saturated carbocycles. The van der Waals surface area contributed by atoms with Crippen LogP contribution in [0.25, 0.3) is 0 Å². The summed E-state index contributed by atoms with van der Waals surface area (Å²) in [6.07, 6.45) is 1.03. The van der Waals surface area contributed by atoms with Crippen LogP contribution >= 0.6 is 11.8 Å². The standard InChI is InChI=1S/C16H27N3O5S/c1-3-4-14(20)19-11-25-10-13(19)16(23)18-5-6-24-12(8-18)7-17(2)9-15(21)22/h12-13H,3-11H2,1-2H3,(H,21,22). The molecule has 2 fully saturated rings. The zero-order valence-corrected chi connectivity index (χ0v) is 15.7. The molecule has 0 aromatic carbocycles. The topological polar surface area (TPSA) is 90.4 Å². The third-order valence-corrected chi connectivity index (χ3v) is 5.33. The second-order valence-corrected chi connectivity index (χ2v) is 7.50. The van der Waals surface area contributed by atoms with Gasteiger partial charge in [-0.15, -0.1) is 11.8 Å². The maximum Gasteiger partial charge on any atom is 0.317 e. The molecule has 0 aromatic rings. The molecule has 0 spiro atoms. The third-order valence-electron chi connectivity index (χ3n) is 4.32. The number of carbonyl (C=O) groups is 3. The van der Waals surface area contributed by atoms with Gasteiger partial charge in [-0.05, 0) is 13.5 Å². The van der Waals surface area contributed by atoms with Gasteiger partial charge in [0.25, 0.3) is 0 Å². The summed E-state index contributed by atoms with van der Waals surface area (Å²) in [6.45, 7) is 3.72. The summed E-state index contributed by atoms with van der Waals surface area (Å²) in [5, 5.41) is 8.84. The van der Waals surface area contributed by atoms with Crippen LogP contribution < -0.4 is 0 Å². The van der Waals surface area contributed by atoms with Crippen molar-refractivity contribution in [1.29, 1.82) is 0 Å². The maximum absolute atomic E-state index is 12.9. The van der Waals surface area contributed by atoms with Crippen molar-refractivity contribution in [1.82, 2.24) is 14.7 Å². The number of morpholine rings is 1. The van der Waals surface area contributed by atoms with Gasteiger partial charge in [-0.2, -0.15) is 0 Å². The number of likely N-dealkylation sites (N-methyl/N-ethyl adjacent to an activating group) is 1. The Kier molecular flexibility index (Phi) is 7.52. The fraction of sp³-hybridized carbons (Fsp3) is 0.812. The van der Waals surface area contributed by atoms with Crippen molar-refractivity contribution in [2.75, 3.05) is 51.5 Å². The fourth-order valence-electron chi connectivity index (χ4n) is 3.13. The first-order valence-electron chi connectivity index (χ1n) is 8.60. The van der Waals surface area contributed by atoms with Crippen molar-refractivity contribution in [3.05, 3.63) is 0 Å². The number of rotatable bonds is 7. The van der Waals surface area contributed by atoms with Crippen molar-refractivity contribution in [2.45, 2.75) is 31.9 Å². The highest BCUT2D eigenvalue weighted by molar-refractivity contribution is 7.99. The predicted molar refractivity (Wildman–Crippen MR) is 94.3 cm³/mol. The molecule has 0 bridgehead atoms. The molecule has 2 unspecified atom stereocenters. The first-order valence-corrected chi connectivity index (χ1v) is 9.75. The Balaban J connectivity index is 1.92. The number of carboxylic acid groups (broad SMARTS) is 1. The average Bonchev–Trinajstić information content (AvgIpc) is 3.03. The molecule has 9 heteroatoms. The van der Waals surface area contributed by atoms with Crippen molar-refractivity contribution in [3.63, 3.8) is 0 Å². The minimum Gasteiger partial charge on any atom is -0.480 e. The molecule has 25 heavy (non-hydrogen) atoms. The smallest absolute Gasteiger partial charge is 0.317 e. The van der Waals surface area contributed by atoms with Gasteiger partial charge in [0.05, 0.1) is 25.1 Å². The largest absolute Gasteiger partial charge is 0.480 e. The van der Waals surface area contributed by atoms with Crippen LogP contribution in [0.15, 0.2) is 0 Å². The maximum atomic E-state index is 12.9. The summed E-state index contributed by atoms with van der Waals surface area (Å²) in [5.74, 6) is 0.333. The molecule has 142 valence electrons. The zero-order valence-electron chi connectivity index (χ0n) is 14.8. The van der Waals surface area contributed by atoms with Crippen LogP contribution in [0.2, 0.25) is 0 Å². The van der Waals surface area contributed by atoms with E-state index in [1.165, 1.54) is 0 Å². The van der Waals surface area contributed by atoms with Gasteiger partial charge in [0.2, 0.25) is 11.8 Å². The molecule has 8 nitrogen and oxygen atoms in total. The molecule has 1 N–H and O–H groups in total. The summed E-state index contributed by atoms with van der Waals surface area (Å²) in [5.41, 5.74) is 0. The van der Waals surface area contributed by atoms with Crippen molar-refractivity contribution < 1.29 is 24.2 Å². The predicted octanol–water partition coefficient (Wildman–Crippen LogP) is -0.0682. The Morgan fingerprint density at radius 2 is 2.12 bits per heavy atom. The summed E-state index contributed by atoms with van der Waals surface area (Å²) >= 11 is 1.61. The monoisotopic (exact) mass is 373 g/mol. The SMILES string of the molecule is CCCC(=O)N1CSCC1C(=O)N1CCOC(CN(C)CC(=O)O)C1. The van der Waals surface area contributed by atoms with Crippen molar-refractivity contribution in [2.24, 2.45) is 0 Å². The lowest BCUT2D eigenvalue weighted by atomic mass is 10.2. The number of hydrogen-bond acceptors (Lipinski definition) is 6. The Labute approximate surface area is 152 Å². The molecule has 0 radical (unpaired) electrons. The number of carbonyl (C=O) groups excluding carboxylic acids is 2. The number of ether oxygens (including phenoxy) is 1. The van der Waals surface area contributed by atoms with E-state index >= 15 is 0 Å². The number of nitrogens with zero attached hydrogens (tertiary/aromatic N) is 3. The van der Waals surface area contributed by atoms with Crippen LogP contribution in [0.1, 0.15) is 19.8 Å². The molecule has 2 aliphatic heterocycles. The van der Waals surface area contributed by atoms with Crippen LogP contribution in [-0.4, -0.2) is 101 Å². The Bertz CT molecular complexity index is 504. The van der Waals surface area contributed by atoms with E-state index in [1.54, 1.807) is 33.5 Å². The molecule has 2 amide bonds. The Hall–Kier alpha value is -1.32. The summed E-state index contributed by atoms with van der Waals surface area (Å²) in [4.78, 5) is 41.0. The Morgan fingerprint density at radius 3 is 2.80 bits per heavy atom. The van der Waals surface area contributed by atoms with E-state index in [9.17, 15) is 14.4 Å². The van der Waals surface area contributed by atoms with E-state index in [-0.39, 0.29) is 30.5 Å². The number of thioether (sulfide) groups is 1. The Morgan fingerprint density at radius 1 is 1.36 bits per heavy atom. The van der Waals surface area contributed by atoms with Gasteiger partial charge in [0, 0.05) is 31.8 Å². The van der Waals surface area contributed by atoms with Crippen LogP contribution in [0, 0.1) is 0 Å². The van der Waals surface area contributed by atoms with Crippen molar-refractivity contribution >= 4 is 29.5 Å². The zero-order chi connectivity index (χ0) is 18.4. The summed E-state index contributed by atoms with van der Waals surface area (Å²) < 4.78 is 5.67. The van der Waals surface area contributed by atoms with E-state index in [0.717, 1.165) is 6.42 Å². The highest BCUT2D eigenvalue weighted by atomic mass is 32.2. The fourth-order valence-corrected chi connectivity index (χ4v) is 4.31. The first kappa shape index (κ1) is 20.0. The van der Waals surface area contributed by atoms with Gasteiger partial charge in [0.15, 0.2) is 0 Å². The lowest BCUT2D eigenvalue weighted by Gasteiger charge is -2.37. The van der Waals surface area contributed by atoms with Gasteiger partial charge < -0.3 is 19.6 Å². The quantitative estimate of drug-likeness (QED) is 0.668. The van der Waals surface area contributed by atoms with E-state index in [4.69, 9.17) is 9.84 Å². The first-order chi connectivity index (χ1) is 11.9. The summed E-state index contributed by atoms with van der Waals surface area (Å²) in [6, 6.07) is -0.389. The molecular formula is C16H27N3O5S. The second kappa shape index (κ2) is 9.40. The number of amides is 2. The van der Waals surface area contributed by atoms with Gasteiger partial charge in [-0.25, -0.2) is 0 Å². The van der Waals surface area contributed by atoms with Crippen molar-refractivity contribution in [3.8, 4) is 0 Å². The molecule has 2 rings (SSSR count). The normalized spacial score (nSPS) is 24.0. The minimum absolute atomic E-state index is 0.0244. The molecule has 2 atom stereocenters. The third kappa shape index (κ3) is 5.58. The molecule has 2 heterocycles.